The fourth-order valence-corrected chi connectivity index (χ4v) is 5.00. The summed E-state index contributed by atoms with van der Waals surface area (Å²) < 4.78 is 40.9. The number of ether oxygens (including phenoxy) is 2. The summed E-state index contributed by atoms with van der Waals surface area (Å²) in [6.07, 6.45) is 6.26. The van der Waals surface area contributed by atoms with Crippen LogP contribution in [-0.4, -0.2) is 57.3 Å². The summed E-state index contributed by atoms with van der Waals surface area (Å²) in [7, 11) is -3.84. The zero-order valence-electron chi connectivity index (χ0n) is 22.5. The Morgan fingerprint density at radius 3 is 2.21 bits per heavy atom. The molecule has 214 valence electrons. The molecule has 2 aromatic carbocycles. The highest BCUT2D eigenvalue weighted by atomic mass is 35.5. The largest absolute Gasteiger partial charge is 0.473 e. The fourth-order valence-electron chi connectivity index (χ4n) is 3.85. The Balaban J connectivity index is 1.49. The first-order chi connectivity index (χ1) is 20.4. The Bertz CT molecular complexity index is 1730. The van der Waals surface area contributed by atoms with Crippen LogP contribution >= 0.6 is 11.6 Å². The van der Waals surface area contributed by atoms with Gasteiger partial charge in [-0.1, -0.05) is 71.8 Å². The Hall–Kier alpha value is -4.68. The highest BCUT2D eigenvalue weighted by Gasteiger charge is 2.23. The van der Waals surface area contributed by atoms with Crippen LogP contribution in [0.15, 0.2) is 85.5 Å². The molecule has 0 saturated carbocycles. The van der Waals surface area contributed by atoms with E-state index in [4.69, 9.17) is 21.1 Å². The van der Waals surface area contributed by atoms with Gasteiger partial charge in [-0.15, -0.1) is 0 Å². The number of hydrogen-bond acceptors (Lipinski definition) is 10. The van der Waals surface area contributed by atoms with Crippen molar-refractivity contribution in [3.8, 4) is 34.7 Å². The number of benzene rings is 2. The van der Waals surface area contributed by atoms with Gasteiger partial charge in [0.15, 0.2) is 11.6 Å². The van der Waals surface area contributed by atoms with Gasteiger partial charge in [-0.3, -0.25) is 4.72 Å². The van der Waals surface area contributed by atoms with E-state index in [9.17, 15) is 8.42 Å². The Kier molecular flexibility index (Phi) is 9.15. The van der Waals surface area contributed by atoms with Gasteiger partial charge in [0.05, 0.1) is 28.7 Å². The average molecular weight is 604 g/mol. The lowest BCUT2D eigenvalue weighted by Crippen LogP contribution is -2.20. The number of hydrogen-bond donors (Lipinski definition) is 1. The van der Waals surface area contributed by atoms with E-state index in [1.165, 1.54) is 12.4 Å². The van der Waals surface area contributed by atoms with Crippen LogP contribution in [0.5, 0.6) is 11.9 Å². The van der Waals surface area contributed by atoms with Gasteiger partial charge < -0.3 is 9.47 Å². The number of nitrogens with zero attached hydrogens (tertiary/aromatic N) is 6. The molecule has 0 atom stereocenters. The Morgan fingerprint density at radius 1 is 0.810 bits per heavy atom. The number of sulfonamides is 1. The normalized spacial score (nSPS) is 11.2. The maximum atomic E-state index is 13.3. The molecule has 3 aromatic heterocycles. The predicted molar refractivity (Wildman–Crippen MR) is 159 cm³/mol. The van der Waals surface area contributed by atoms with Crippen LogP contribution in [0, 0.1) is 6.92 Å². The molecular formula is C29H26ClN7O4S. The lowest BCUT2D eigenvalue weighted by molar-refractivity contribution is 0.202. The molecule has 0 bridgehead atoms. The van der Waals surface area contributed by atoms with E-state index in [0.717, 1.165) is 11.1 Å². The van der Waals surface area contributed by atoms with Crippen molar-refractivity contribution in [1.82, 2.24) is 29.9 Å². The molecule has 0 unspecified atom stereocenters. The monoisotopic (exact) mass is 603 g/mol. The lowest BCUT2D eigenvalue weighted by Gasteiger charge is -2.17. The third kappa shape index (κ3) is 7.74. The SMILES string of the molecule is Cc1ccc(-c2c(NS(=O)(=O)CCc3ccccc3)nc(-c3ncccn3)nc2OCCOc2ncc(Cl)cn2)cc1. The van der Waals surface area contributed by atoms with Crippen molar-refractivity contribution >= 4 is 27.4 Å². The molecular weight excluding hydrogens is 578 g/mol. The molecule has 13 heteroatoms. The summed E-state index contributed by atoms with van der Waals surface area (Å²) >= 11 is 5.84. The molecule has 5 aromatic rings. The summed E-state index contributed by atoms with van der Waals surface area (Å²) in [5, 5.41) is 0.386. The van der Waals surface area contributed by atoms with Crippen molar-refractivity contribution in [3.05, 3.63) is 102 Å². The molecule has 5 rings (SSSR count). The summed E-state index contributed by atoms with van der Waals surface area (Å²) in [5.41, 5.74) is 2.94. The zero-order chi connectivity index (χ0) is 29.4. The highest BCUT2D eigenvalue weighted by Crippen LogP contribution is 2.36. The number of anilines is 1. The van der Waals surface area contributed by atoms with Crippen molar-refractivity contribution in [2.24, 2.45) is 0 Å². The Morgan fingerprint density at radius 2 is 1.50 bits per heavy atom. The van der Waals surface area contributed by atoms with Crippen LogP contribution in [0.3, 0.4) is 0 Å². The topological polar surface area (TPSA) is 142 Å². The number of aromatic nitrogens is 6. The van der Waals surface area contributed by atoms with Crippen LogP contribution in [0.4, 0.5) is 5.82 Å². The van der Waals surface area contributed by atoms with Crippen molar-refractivity contribution in [3.63, 3.8) is 0 Å². The van der Waals surface area contributed by atoms with Crippen molar-refractivity contribution < 1.29 is 17.9 Å². The Labute approximate surface area is 248 Å². The van der Waals surface area contributed by atoms with Crippen LogP contribution < -0.4 is 14.2 Å². The van der Waals surface area contributed by atoms with Gasteiger partial charge in [0.2, 0.25) is 21.7 Å². The predicted octanol–water partition coefficient (Wildman–Crippen LogP) is 4.79. The fraction of sp³-hybridized carbons (Fsp3) is 0.172. The van der Waals surface area contributed by atoms with Gasteiger partial charge >= 0.3 is 6.01 Å². The smallest absolute Gasteiger partial charge is 0.316 e. The van der Waals surface area contributed by atoms with E-state index in [-0.39, 0.29) is 48.3 Å². The minimum Gasteiger partial charge on any atom is -0.473 e. The first-order valence-corrected chi connectivity index (χ1v) is 14.9. The number of halogens is 1. The van der Waals surface area contributed by atoms with E-state index >= 15 is 0 Å². The van der Waals surface area contributed by atoms with Crippen LogP contribution in [0.2, 0.25) is 5.02 Å². The van der Waals surface area contributed by atoms with Gasteiger partial charge in [0, 0.05) is 12.4 Å². The van der Waals surface area contributed by atoms with Crippen LogP contribution in [0.25, 0.3) is 22.8 Å². The highest BCUT2D eigenvalue weighted by molar-refractivity contribution is 7.92. The molecule has 42 heavy (non-hydrogen) atoms. The van der Waals surface area contributed by atoms with E-state index < -0.39 is 10.0 Å². The van der Waals surface area contributed by atoms with Gasteiger partial charge in [-0.25, -0.2) is 33.3 Å². The molecule has 0 amide bonds. The summed E-state index contributed by atoms with van der Waals surface area (Å²) in [5.74, 6) is 0.299. The lowest BCUT2D eigenvalue weighted by atomic mass is 10.1. The van der Waals surface area contributed by atoms with Crippen molar-refractivity contribution in [1.29, 1.82) is 0 Å². The molecule has 11 nitrogen and oxygen atoms in total. The number of aryl methyl sites for hydroxylation is 2. The molecule has 1 N–H and O–H groups in total. The molecule has 0 saturated heterocycles. The minimum atomic E-state index is -3.84. The summed E-state index contributed by atoms with van der Waals surface area (Å²) in [4.78, 5) is 25.6. The van der Waals surface area contributed by atoms with Gasteiger partial charge in [0.1, 0.15) is 13.2 Å². The summed E-state index contributed by atoms with van der Waals surface area (Å²) in [6.45, 7) is 2.07. The van der Waals surface area contributed by atoms with Crippen LogP contribution in [0.1, 0.15) is 11.1 Å². The maximum absolute atomic E-state index is 13.3. The van der Waals surface area contributed by atoms with Crippen molar-refractivity contribution in [2.75, 3.05) is 23.7 Å². The van der Waals surface area contributed by atoms with Gasteiger partial charge in [0.25, 0.3) is 0 Å². The van der Waals surface area contributed by atoms with E-state index in [1.54, 1.807) is 18.5 Å². The maximum Gasteiger partial charge on any atom is 0.316 e. The minimum absolute atomic E-state index is 0.0388. The second-order valence-electron chi connectivity index (χ2n) is 9.05. The quantitative estimate of drug-likeness (QED) is 0.198. The molecule has 0 aliphatic rings. The molecule has 0 radical (unpaired) electrons. The van der Waals surface area contributed by atoms with Crippen LogP contribution in [-0.2, 0) is 16.4 Å². The third-order valence-electron chi connectivity index (χ3n) is 5.89. The van der Waals surface area contributed by atoms with E-state index in [0.29, 0.717) is 22.6 Å². The molecule has 3 heterocycles. The van der Waals surface area contributed by atoms with Crippen molar-refractivity contribution in [2.45, 2.75) is 13.3 Å². The van der Waals surface area contributed by atoms with E-state index in [2.05, 4.69) is 34.6 Å². The molecule has 0 aliphatic carbocycles. The number of nitrogens with one attached hydrogen (secondary N) is 1. The first-order valence-electron chi connectivity index (χ1n) is 12.9. The standard InChI is InChI=1S/C29H26ClN7O4S/c1-20-8-10-22(11-9-20)24-25(37-42(38,39)17-12-21-6-3-2-4-7-21)35-27(26-31-13-5-14-32-26)36-28(24)40-15-16-41-29-33-18-23(30)19-34-29/h2-11,13-14,18-19H,12,15-17H2,1H3,(H,35,36,37). The number of rotatable bonds is 12. The van der Waals surface area contributed by atoms with E-state index in [1.807, 2.05) is 61.5 Å². The average Bonchev–Trinajstić information content (AvgIpc) is 3.00. The second-order valence-corrected chi connectivity index (χ2v) is 11.3. The van der Waals surface area contributed by atoms with Gasteiger partial charge in [-0.2, -0.15) is 4.98 Å². The zero-order valence-corrected chi connectivity index (χ0v) is 24.1. The third-order valence-corrected chi connectivity index (χ3v) is 7.33. The second kappa shape index (κ2) is 13.3. The molecule has 0 fully saturated rings. The molecule has 0 spiro atoms. The summed E-state index contributed by atoms with van der Waals surface area (Å²) in [6, 6.07) is 18.7. The first kappa shape index (κ1) is 28.8. The van der Waals surface area contributed by atoms with Gasteiger partial charge in [-0.05, 0) is 30.5 Å². The molecule has 0 aliphatic heterocycles.